The molecule has 0 aromatic heterocycles. The summed E-state index contributed by atoms with van der Waals surface area (Å²) in [6.07, 6.45) is -0.886. The van der Waals surface area contributed by atoms with E-state index in [-0.39, 0.29) is 32.3 Å². The van der Waals surface area contributed by atoms with Crippen LogP contribution in [-0.4, -0.2) is 140 Å². The number of thioether (sulfide) groups is 2. The van der Waals surface area contributed by atoms with Crippen molar-refractivity contribution < 1.29 is 83.0 Å². The van der Waals surface area contributed by atoms with Gasteiger partial charge in [0.2, 0.25) is 29.4 Å². The zero-order chi connectivity index (χ0) is 40.5. The number of nitrogens with one attached hydrogen (secondary N) is 4. The molecular weight excluding hydrogens is 752 g/mol. The second-order valence-electron chi connectivity index (χ2n) is 11.5. The highest BCUT2D eigenvalue weighted by Crippen LogP contribution is 2.43. The fourth-order valence-electron chi connectivity index (χ4n) is 4.16. The number of hydrogen-bond acceptors (Lipinski definition) is 15. The SMILES string of the molecule is CCOC(=O)[C@]1(CSCC(NC(=O)CCC(C)C(=O)O)C(=O)NCC(=O)O)OC(=O)C(O)=C1SCC(NC(=O)CCC(C)C(=O)O)C(=O)NCC(=O)O. The molecule has 1 aliphatic rings. The first-order valence-electron chi connectivity index (χ1n) is 15.8. The Morgan fingerprint density at radius 1 is 0.774 bits per heavy atom. The maximum absolute atomic E-state index is 13.4. The van der Waals surface area contributed by atoms with Gasteiger partial charge in [-0.25, -0.2) is 9.59 Å². The third kappa shape index (κ3) is 15.2. The van der Waals surface area contributed by atoms with Crippen LogP contribution in [0.3, 0.4) is 0 Å². The molecule has 1 rings (SSSR count). The Labute approximate surface area is 310 Å². The van der Waals surface area contributed by atoms with Crippen LogP contribution in [0.15, 0.2) is 10.7 Å². The van der Waals surface area contributed by atoms with Crippen LogP contribution in [0.5, 0.6) is 0 Å². The first-order chi connectivity index (χ1) is 24.7. The lowest BCUT2D eigenvalue weighted by Crippen LogP contribution is -2.51. The molecule has 296 valence electrons. The molecule has 21 nitrogen and oxygen atoms in total. The molecule has 1 aliphatic heterocycles. The van der Waals surface area contributed by atoms with Crippen molar-refractivity contribution in [2.24, 2.45) is 11.8 Å². The summed E-state index contributed by atoms with van der Waals surface area (Å²) in [7, 11) is 0. The highest BCUT2D eigenvalue weighted by molar-refractivity contribution is 8.03. The summed E-state index contributed by atoms with van der Waals surface area (Å²) in [5.74, 6) is -15.8. The Hall–Kier alpha value is -5.06. The number of aliphatic hydroxyl groups excluding tert-OH is 1. The number of aliphatic carboxylic acids is 4. The molecule has 9 N–H and O–H groups in total. The van der Waals surface area contributed by atoms with Gasteiger partial charge in [0.1, 0.15) is 25.2 Å². The average Bonchev–Trinajstić information content (AvgIpc) is 3.33. The Morgan fingerprint density at radius 2 is 1.23 bits per heavy atom. The van der Waals surface area contributed by atoms with Crippen molar-refractivity contribution >= 4 is 83.0 Å². The van der Waals surface area contributed by atoms with Gasteiger partial charge in [0, 0.05) is 30.1 Å². The number of amides is 4. The van der Waals surface area contributed by atoms with Crippen molar-refractivity contribution in [1.82, 2.24) is 21.3 Å². The van der Waals surface area contributed by atoms with E-state index in [1.807, 2.05) is 0 Å². The van der Waals surface area contributed by atoms with Crippen LogP contribution in [-0.2, 0) is 57.4 Å². The van der Waals surface area contributed by atoms with E-state index in [1.54, 1.807) is 0 Å². The van der Waals surface area contributed by atoms with Crippen molar-refractivity contribution in [3.8, 4) is 0 Å². The second kappa shape index (κ2) is 22.1. The maximum Gasteiger partial charge on any atom is 0.375 e. The van der Waals surface area contributed by atoms with Gasteiger partial charge in [-0.3, -0.25) is 38.4 Å². The number of esters is 2. The van der Waals surface area contributed by atoms with Gasteiger partial charge in [0.25, 0.3) is 5.60 Å². The molecule has 1 heterocycles. The number of carboxylic acids is 4. The van der Waals surface area contributed by atoms with E-state index in [0.29, 0.717) is 23.5 Å². The summed E-state index contributed by atoms with van der Waals surface area (Å²) >= 11 is 1.20. The standard InChI is InChI=1S/C30H42N4O17S2/c1-4-50-29(49)30(13-52-11-16(24(42)31-9-20(37)38)33-18(35)7-5-14(2)26(44)45)23(22(41)28(48)51-30)53-12-17(25(43)32-10-21(39)40)34-19(36)8-6-15(3)27(46)47/h14-17,41H,4-13H2,1-3H3,(H,31,42)(H,32,43)(H,33,35)(H,34,36)(H,37,38)(H,39,40)(H,44,45)(H,46,47)/t14?,15?,16?,17?,30-/m1/s1. The normalized spacial score (nSPS) is 17.3. The van der Waals surface area contributed by atoms with E-state index in [9.17, 15) is 53.1 Å². The van der Waals surface area contributed by atoms with Crippen LogP contribution in [0.2, 0.25) is 0 Å². The van der Waals surface area contributed by atoms with E-state index < -0.39 is 130 Å². The van der Waals surface area contributed by atoms with E-state index >= 15 is 0 Å². The summed E-state index contributed by atoms with van der Waals surface area (Å²) in [6.45, 7) is 2.19. The van der Waals surface area contributed by atoms with Gasteiger partial charge in [-0.05, 0) is 19.8 Å². The third-order valence-electron chi connectivity index (χ3n) is 7.21. The molecule has 23 heteroatoms. The fraction of sp³-hybridized carbons (Fsp3) is 0.600. The highest BCUT2D eigenvalue weighted by Gasteiger charge is 2.56. The number of aliphatic hydroxyl groups is 1. The molecule has 0 bridgehead atoms. The lowest BCUT2D eigenvalue weighted by molar-refractivity contribution is -0.169. The largest absolute Gasteiger partial charge is 0.501 e. The van der Waals surface area contributed by atoms with Crippen LogP contribution in [0.25, 0.3) is 0 Å². The van der Waals surface area contributed by atoms with Gasteiger partial charge in [-0.1, -0.05) is 13.8 Å². The van der Waals surface area contributed by atoms with E-state index in [0.717, 1.165) is 0 Å². The first-order valence-corrected chi connectivity index (χ1v) is 18.0. The van der Waals surface area contributed by atoms with Gasteiger partial charge >= 0.3 is 35.8 Å². The van der Waals surface area contributed by atoms with E-state index in [2.05, 4.69) is 21.3 Å². The van der Waals surface area contributed by atoms with Gasteiger partial charge in [0.05, 0.1) is 23.3 Å². The van der Waals surface area contributed by atoms with Crippen LogP contribution >= 0.6 is 23.5 Å². The summed E-state index contributed by atoms with van der Waals surface area (Å²) in [5.41, 5.74) is -2.42. The Kier molecular flexibility index (Phi) is 19.2. The smallest absolute Gasteiger partial charge is 0.375 e. The fourth-order valence-corrected chi connectivity index (χ4v) is 6.66. The average molecular weight is 795 g/mol. The predicted octanol–water partition coefficient (Wildman–Crippen LogP) is -1.55. The van der Waals surface area contributed by atoms with Crippen LogP contribution in [0.1, 0.15) is 46.5 Å². The molecule has 0 aromatic rings. The molecule has 0 saturated carbocycles. The van der Waals surface area contributed by atoms with Gasteiger partial charge in [0.15, 0.2) is 0 Å². The number of carbonyl (C=O) groups is 10. The van der Waals surface area contributed by atoms with Crippen molar-refractivity contribution in [3.63, 3.8) is 0 Å². The van der Waals surface area contributed by atoms with Crippen molar-refractivity contribution in [3.05, 3.63) is 10.7 Å². The van der Waals surface area contributed by atoms with E-state index in [4.69, 9.17) is 29.9 Å². The maximum atomic E-state index is 13.4. The van der Waals surface area contributed by atoms with Gasteiger partial charge in [-0.2, -0.15) is 11.8 Å². The molecule has 0 saturated heterocycles. The minimum atomic E-state index is -2.42. The van der Waals surface area contributed by atoms with Crippen molar-refractivity contribution in [1.29, 1.82) is 0 Å². The summed E-state index contributed by atoms with van der Waals surface area (Å²) in [5, 5.41) is 55.7. The lowest BCUT2D eigenvalue weighted by atomic mass is 10.1. The second-order valence-corrected chi connectivity index (χ2v) is 13.5. The number of carbonyl (C=O) groups excluding carboxylic acids is 6. The molecule has 0 aliphatic carbocycles. The third-order valence-corrected chi connectivity index (χ3v) is 9.71. The number of rotatable bonds is 25. The van der Waals surface area contributed by atoms with Crippen LogP contribution < -0.4 is 21.3 Å². The monoisotopic (exact) mass is 794 g/mol. The Bertz CT molecular complexity index is 1470. The zero-order valence-corrected chi connectivity index (χ0v) is 30.5. The molecule has 0 fully saturated rings. The molecular formula is C30H42N4O17S2. The molecule has 5 atom stereocenters. The summed E-state index contributed by atoms with van der Waals surface area (Å²) in [4.78, 5) is 121. The zero-order valence-electron chi connectivity index (χ0n) is 28.8. The summed E-state index contributed by atoms with van der Waals surface area (Å²) < 4.78 is 10.4. The first kappa shape index (κ1) is 46.0. The molecule has 53 heavy (non-hydrogen) atoms. The lowest BCUT2D eigenvalue weighted by Gasteiger charge is -2.29. The number of cyclic esters (lactones) is 1. The minimum absolute atomic E-state index is 0.0956. The van der Waals surface area contributed by atoms with E-state index in [1.165, 1.54) is 20.8 Å². The minimum Gasteiger partial charge on any atom is -0.501 e. The Balaban J connectivity index is 3.34. The highest BCUT2D eigenvalue weighted by atomic mass is 32.2. The summed E-state index contributed by atoms with van der Waals surface area (Å²) in [6, 6.07) is -3.02. The molecule has 4 unspecified atom stereocenters. The van der Waals surface area contributed by atoms with Crippen molar-refractivity contribution in [2.75, 3.05) is 37.0 Å². The van der Waals surface area contributed by atoms with Crippen LogP contribution in [0.4, 0.5) is 0 Å². The van der Waals surface area contributed by atoms with Crippen molar-refractivity contribution in [2.45, 2.75) is 64.1 Å². The number of hydrogen-bond donors (Lipinski definition) is 9. The van der Waals surface area contributed by atoms with Gasteiger partial charge in [-0.15, -0.1) is 11.8 Å². The molecule has 0 aromatic carbocycles. The quantitative estimate of drug-likeness (QED) is 0.0473. The van der Waals surface area contributed by atoms with Crippen LogP contribution in [0, 0.1) is 11.8 Å². The van der Waals surface area contributed by atoms with Gasteiger partial charge < -0.3 is 56.3 Å². The molecule has 0 spiro atoms. The molecule has 4 amide bonds. The number of carboxylic acid groups (broad SMARTS) is 4. The Morgan fingerprint density at radius 3 is 1.64 bits per heavy atom. The number of ether oxygens (including phenoxy) is 2. The molecule has 0 radical (unpaired) electrons. The topological polar surface area (TPSA) is 338 Å². The predicted molar refractivity (Wildman–Crippen MR) is 182 cm³/mol.